The number of nitriles is 1. The SMILES string of the molecule is CNC(=O)[C@@H]1C[C@@H](O)CN1C(=O)[C@@H](n1cc(-c2ccc(C#N)nc2)nn1)C(C)(C)C. The lowest BCUT2D eigenvalue weighted by atomic mass is 9.85. The molecule has 3 rings (SSSR count). The Balaban J connectivity index is 1.93. The van der Waals surface area contributed by atoms with Crippen LogP contribution in [0.15, 0.2) is 24.5 Å². The van der Waals surface area contributed by atoms with Gasteiger partial charge in [-0.3, -0.25) is 9.59 Å². The van der Waals surface area contributed by atoms with Crippen molar-refractivity contribution in [1.29, 1.82) is 5.26 Å². The average molecular weight is 411 g/mol. The minimum absolute atomic E-state index is 0.0879. The predicted molar refractivity (Wildman–Crippen MR) is 107 cm³/mol. The molecule has 0 unspecified atom stereocenters. The van der Waals surface area contributed by atoms with E-state index in [0.29, 0.717) is 17.0 Å². The zero-order valence-electron chi connectivity index (χ0n) is 17.4. The van der Waals surface area contributed by atoms with Crippen LogP contribution in [0.1, 0.15) is 38.9 Å². The summed E-state index contributed by atoms with van der Waals surface area (Å²) in [7, 11) is 1.51. The third kappa shape index (κ3) is 4.16. The normalized spacial score (nSPS) is 19.9. The van der Waals surface area contributed by atoms with Gasteiger partial charge in [0.05, 0.1) is 12.3 Å². The fraction of sp³-hybridized carbons (Fsp3) is 0.500. The van der Waals surface area contributed by atoms with E-state index in [0.717, 1.165) is 0 Å². The van der Waals surface area contributed by atoms with Crippen LogP contribution in [0.3, 0.4) is 0 Å². The molecule has 2 aromatic heterocycles. The van der Waals surface area contributed by atoms with Crippen molar-refractivity contribution in [3.63, 3.8) is 0 Å². The number of nitrogens with one attached hydrogen (secondary N) is 1. The number of aliphatic hydroxyl groups excluding tert-OH is 1. The number of aromatic nitrogens is 4. The van der Waals surface area contributed by atoms with Gasteiger partial charge in [-0.15, -0.1) is 5.10 Å². The van der Waals surface area contributed by atoms with Gasteiger partial charge in [0, 0.05) is 31.8 Å². The van der Waals surface area contributed by atoms with Crippen LogP contribution in [0.4, 0.5) is 0 Å². The summed E-state index contributed by atoms with van der Waals surface area (Å²) >= 11 is 0. The number of nitrogens with zero attached hydrogens (tertiary/aromatic N) is 6. The Labute approximate surface area is 174 Å². The smallest absolute Gasteiger partial charge is 0.248 e. The molecule has 0 bridgehead atoms. The maximum absolute atomic E-state index is 13.5. The summed E-state index contributed by atoms with van der Waals surface area (Å²) in [4.78, 5) is 31.2. The summed E-state index contributed by atoms with van der Waals surface area (Å²) in [5.41, 5.74) is 0.937. The van der Waals surface area contributed by atoms with E-state index in [2.05, 4.69) is 20.6 Å². The highest BCUT2D eigenvalue weighted by molar-refractivity contribution is 5.90. The second kappa shape index (κ2) is 8.20. The molecule has 2 amide bonds. The number of β-amino-alcohol motifs (C(OH)–C–C–N with tert-alkyl or cyclic N) is 1. The van der Waals surface area contributed by atoms with Crippen LogP contribution in [-0.2, 0) is 9.59 Å². The number of rotatable bonds is 4. The van der Waals surface area contributed by atoms with Crippen LogP contribution < -0.4 is 5.32 Å². The predicted octanol–water partition coefficient (Wildman–Crippen LogP) is 0.507. The number of hydrogen-bond acceptors (Lipinski definition) is 7. The zero-order chi connectivity index (χ0) is 22.1. The lowest BCUT2D eigenvalue weighted by molar-refractivity contribution is -0.144. The highest BCUT2D eigenvalue weighted by atomic mass is 16.3. The molecule has 0 radical (unpaired) electrons. The molecular formula is C20H25N7O3. The molecule has 1 aliphatic rings. The van der Waals surface area contributed by atoms with E-state index < -0.39 is 23.6 Å². The maximum Gasteiger partial charge on any atom is 0.248 e. The Bertz CT molecular complexity index is 972. The van der Waals surface area contributed by atoms with Crippen molar-refractivity contribution < 1.29 is 14.7 Å². The minimum atomic E-state index is -0.757. The van der Waals surface area contributed by atoms with Gasteiger partial charge >= 0.3 is 0 Å². The first kappa shape index (κ1) is 21.4. The van der Waals surface area contributed by atoms with Crippen LogP contribution in [-0.4, -0.2) is 67.5 Å². The van der Waals surface area contributed by atoms with Gasteiger partial charge < -0.3 is 15.3 Å². The van der Waals surface area contributed by atoms with Gasteiger partial charge in [0.2, 0.25) is 11.8 Å². The van der Waals surface area contributed by atoms with Crippen molar-refractivity contribution in [2.24, 2.45) is 5.41 Å². The highest BCUT2D eigenvalue weighted by Crippen LogP contribution is 2.34. The number of hydrogen-bond donors (Lipinski definition) is 2. The Kier molecular flexibility index (Phi) is 5.85. The topological polar surface area (TPSA) is 137 Å². The second-order valence-corrected chi connectivity index (χ2v) is 8.41. The van der Waals surface area contributed by atoms with E-state index in [1.807, 2.05) is 26.8 Å². The largest absolute Gasteiger partial charge is 0.391 e. The van der Waals surface area contributed by atoms with Gasteiger partial charge in [0.15, 0.2) is 0 Å². The Morgan fingerprint density at radius 1 is 1.37 bits per heavy atom. The van der Waals surface area contributed by atoms with Crippen molar-refractivity contribution in [3.8, 4) is 17.3 Å². The molecule has 1 fully saturated rings. The molecule has 3 atom stereocenters. The van der Waals surface area contributed by atoms with Crippen molar-refractivity contribution in [1.82, 2.24) is 30.2 Å². The van der Waals surface area contributed by atoms with Gasteiger partial charge in [-0.2, -0.15) is 5.26 Å². The van der Waals surface area contributed by atoms with E-state index in [1.54, 1.807) is 18.3 Å². The molecule has 10 heteroatoms. The van der Waals surface area contributed by atoms with Crippen molar-refractivity contribution in [2.45, 2.75) is 45.4 Å². The first-order valence-electron chi connectivity index (χ1n) is 9.64. The number of amides is 2. The van der Waals surface area contributed by atoms with E-state index in [4.69, 9.17) is 5.26 Å². The zero-order valence-corrected chi connectivity index (χ0v) is 17.4. The first-order chi connectivity index (χ1) is 14.2. The molecule has 3 heterocycles. The summed E-state index contributed by atoms with van der Waals surface area (Å²) < 4.78 is 1.49. The van der Waals surface area contributed by atoms with E-state index >= 15 is 0 Å². The van der Waals surface area contributed by atoms with Gasteiger partial charge in [-0.1, -0.05) is 26.0 Å². The molecule has 0 aliphatic carbocycles. The van der Waals surface area contributed by atoms with Crippen LogP contribution in [0.5, 0.6) is 0 Å². The molecule has 0 saturated carbocycles. The Morgan fingerprint density at radius 2 is 2.10 bits per heavy atom. The molecule has 10 nitrogen and oxygen atoms in total. The summed E-state index contributed by atoms with van der Waals surface area (Å²) in [5, 5.41) is 29.9. The maximum atomic E-state index is 13.5. The Hall–Kier alpha value is -3.32. The standard InChI is InChI=1S/C20H25N7O3/c1-20(2,3)17(19(30)26-10-14(28)7-16(26)18(29)22-4)27-11-15(24-25-27)12-5-6-13(8-21)23-9-12/h5-6,9,11,14,16-17,28H,7,10H2,1-4H3,(H,22,29)/t14-,16+,17-/m1/s1. The van der Waals surface area contributed by atoms with Gasteiger partial charge in [-0.25, -0.2) is 9.67 Å². The lowest BCUT2D eigenvalue weighted by Crippen LogP contribution is -2.49. The summed E-state index contributed by atoms with van der Waals surface area (Å²) in [6.07, 6.45) is 2.62. The molecule has 1 saturated heterocycles. The van der Waals surface area contributed by atoms with Gasteiger partial charge in [0.1, 0.15) is 29.5 Å². The fourth-order valence-electron chi connectivity index (χ4n) is 3.66. The third-order valence-electron chi connectivity index (χ3n) is 5.11. The molecule has 2 N–H and O–H groups in total. The molecule has 30 heavy (non-hydrogen) atoms. The van der Waals surface area contributed by atoms with Crippen LogP contribution in [0.2, 0.25) is 0 Å². The number of likely N-dealkylation sites (N-methyl/N-ethyl adjacent to an activating group) is 1. The highest BCUT2D eigenvalue weighted by Gasteiger charge is 2.45. The quantitative estimate of drug-likeness (QED) is 0.747. The van der Waals surface area contributed by atoms with Gasteiger partial charge in [-0.05, 0) is 17.5 Å². The third-order valence-corrected chi connectivity index (χ3v) is 5.11. The average Bonchev–Trinajstić information content (AvgIpc) is 3.33. The van der Waals surface area contributed by atoms with E-state index in [9.17, 15) is 14.7 Å². The number of carbonyl (C=O) groups excluding carboxylic acids is 2. The minimum Gasteiger partial charge on any atom is -0.391 e. The molecule has 0 spiro atoms. The summed E-state index contributed by atoms with van der Waals surface area (Å²) in [5.74, 6) is -0.613. The molecule has 0 aromatic carbocycles. The number of likely N-dealkylation sites (tertiary alicyclic amines) is 1. The molecule has 1 aliphatic heterocycles. The number of pyridine rings is 1. The van der Waals surface area contributed by atoms with Crippen LogP contribution in [0.25, 0.3) is 11.3 Å². The monoisotopic (exact) mass is 411 g/mol. The molecular weight excluding hydrogens is 386 g/mol. The van der Waals surface area contributed by atoms with Crippen LogP contribution in [0, 0.1) is 16.7 Å². The van der Waals surface area contributed by atoms with Crippen molar-refractivity contribution in [2.75, 3.05) is 13.6 Å². The van der Waals surface area contributed by atoms with Crippen LogP contribution >= 0.6 is 0 Å². The van der Waals surface area contributed by atoms with E-state index in [-0.39, 0.29) is 24.8 Å². The first-order valence-corrected chi connectivity index (χ1v) is 9.64. The Morgan fingerprint density at radius 3 is 2.67 bits per heavy atom. The van der Waals surface area contributed by atoms with Gasteiger partial charge in [0.25, 0.3) is 0 Å². The van der Waals surface area contributed by atoms with Crippen molar-refractivity contribution in [3.05, 3.63) is 30.2 Å². The van der Waals surface area contributed by atoms with E-state index in [1.165, 1.54) is 22.8 Å². The lowest BCUT2D eigenvalue weighted by Gasteiger charge is -2.34. The molecule has 2 aromatic rings. The summed E-state index contributed by atoms with van der Waals surface area (Å²) in [6, 6.07) is 3.80. The number of aliphatic hydroxyl groups is 1. The fourth-order valence-corrected chi connectivity index (χ4v) is 3.66. The van der Waals surface area contributed by atoms with Crippen molar-refractivity contribution >= 4 is 11.8 Å². The number of carbonyl (C=O) groups is 2. The summed E-state index contributed by atoms with van der Waals surface area (Å²) in [6.45, 7) is 5.80. The molecule has 158 valence electrons. The second-order valence-electron chi connectivity index (χ2n) is 8.41.